The van der Waals surface area contributed by atoms with Crippen molar-refractivity contribution in [2.45, 2.75) is 84.6 Å². The lowest BCUT2D eigenvalue weighted by Gasteiger charge is -2.46. The van der Waals surface area contributed by atoms with Crippen LogP contribution in [0.25, 0.3) is 0 Å². The molecule has 39 heavy (non-hydrogen) atoms. The molecule has 0 aromatic heterocycles. The summed E-state index contributed by atoms with van der Waals surface area (Å²) in [5, 5.41) is 4.68. The van der Waals surface area contributed by atoms with E-state index in [1.807, 2.05) is 48.6 Å². The standard InChI is InChI=1S/C31H44N2O5Si/c1-29(2,3)37-27(34)32-22-16-17-24(33(32)28(35)38-30(4,5)6)23-36-39(31(7,8)9,25-18-12-10-13-19-25)26-20-14-11-15-21-26/h10-21,24H,22-23H2,1-9H3. The number of carbonyl (C=O) groups is 2. The molecule has 1 heterocycles. The summed E-state index contributed by atoms with van der Waals surface area (Å²) in [6, 6.07) is 20.1. The first-order chi connectivity index (χ1) is 18.1. The molecule has 0 bridgehead atoms. The lowest BCUT2D eigenvalue weighted by Crippen LogP contribution is -2.68. The van der Waals surface area contributed by atoms with Gasteiger partial charge in [-0.15, -0.1) is 0 Å². The normalized spacial score (nSPS) is 16.7. The van der Waals surface area contributed by atoms with Crippen molar-refractivity contribution >= 4 is 30.9 Å². The van der Waals surface area contributed by atoms with Crippen LogP contribution < -0.4 is 10.4 Å². The molecule has 0 fully saturated rings. The van der Waals surface area contributed by atoms with Gasteiger partial charge in [0.2, 0.25) is 0 Å². The van der Waals surface area contributed by atoms with Gasteiger partial charge in [0.25, 0.3) is 8.32 Å². The predicted octanol–water partition coefficient (Wildman–Crippen LogP) is 5.89. The Balaban J connectivity index is 2.06. The van der Waals surface area contributed by atoms with E-state index in [9.17, 15) is 9.59 Å². The molecule has 3 rings (SSSR count). The second kappa shape index (κ2) is 11.6. The van der Waals surface area contributed by atoms with Gasteiger partial charge in [-0.1, -0.05) is 93.6 Å². The van der Waals surface area contributed by atoms with Crippen LogP contribution in [0.4, 0.5) is 9.59 Å². The Morgan fingerprint density at radius 3 is 1.67 bits per heavy atom. The highest BCUT2D eigenvalue weighted by Gasteiger charge is 2.51. The van der Waals surface area contributed by atoms with Crippen LogP contribution in [0.1, 0.15) is 62.3 Å². The van der Waals surface area contributed by atoms with Gasteiger partial charge in [0.1, 0.15) is 11.2 Å². The summed E-state index contributed by atoms with van der Waals surface area (Å²) in [7, 11) is -2.88. The maximum atomic E-state index is 13.5. The molecule has 7 nitrogen and oxygen atoms in total. The van der Waals surface area contributed by atoms with Crippen molar-refractivity contribution in [3.63, 3.8) is 0 Å². The van der Waals surface area contributed by atoms with Gasteiger partial charge in [0, 0.05) is 0 Å². The summed E-state index contributed by atoms with van der Waals surface area (Å²) >= 11 is 0. The summed E-state index contributed by atoms with van der Waals surface area (Å²) in [5.41, 5.74) is -1.47. The third kappa shape index (κ3) is 7.31. The number of benzene rings is 2. The highest BCUT2D eigenvalue weighted by atomic mass is 28.4. The van der Waals surface area contributed by atoms with Crippen molar-refractivity contribution in [1.29, 1.82) is 0 Å². The fraction of sp³-hybridized carbons (Fsp3) is 0.484. The SMILES string of the molecule is CC(C)(C)OC(=O)N1CC=CC(CO[Si](c2ccccc2)(c2ccccc2)C(C)(C)C)N1C(=O)OC(C)(C)C. The molecule has 2 aromatic carbocycles. The summed E-state index contributed by atoms with van der Waals surface area (Å²) in [5.74, 6) is 0. The molecule has 0 saturated heterocycles. The molecule has 0 saturated carbocycles. The van der Waals surface area contributed by atoms with E-state index in [0.717, 1.165) is 10.4 Å². The number of hydrazine groups is 1. The summed E-state index contributed by atoms with van der Waals surface area (Å²) in [6.07, 6.45) is 2.52. The van der Waals surface area contributed by atoms with Crippen LogP contribution >= 0.6 is 0 Å². The van der Waals surface area contributed by atoms with E-state index in [2.05, 4.69) is 45.0 Å². The zero-order valence-electron chi connectivity index (χ0n) is 24.9. The smallest absolute Gasteiger partial charge is 0.430 e. The largest absolute Gasteiger partial charge is 0.442 e. The van der Waals surface area contributed by atoms with E-state index in [1.54, 1.807) is 41.5 Å². The van der Waals surface area contributed by atoms with Crippen LogP contribution in [0, 0.1) is 0 Å². The van der Waals surface area contributed by atoms with Gasteiger partial charge in [-0.2, -0.15) is 0 Å². The van der Waals surface area contributed by atoms with Gasteiger partial charge >= 0.3 is 12.2 Å². The Kier molecular flexibility index (Phi) is 9.02. The Bertz CT molecular complexity index is 1110. The molecule has 0 aliphatic carbocycles. The first-order valence-electron chi connectivity index (χ1n) is 13.5. The average molecular weight is 553 g/mol. The number of nitrogens with zero attached hydrogens (tertiary/aromatic N) is 2. The van der Waals surface area contributed by atoms with Gasteiger partial charge in [-0.25, -0.2) is 19.6 Å². The van der Waals surface area contributed by atoms with Crippen molar-refractivity contribution < 1.29 is 23.5 Å². The molecule has 2 aromatic rings. The second-order valence-electron chi connectivity index (χ2n) is 12.9. The minimum atomic E-state index is -2.88. The quantitative estimate of drug-likeness (QED) is 0.342. The highest BCUT2D eigenvalue weighted by molar-refractivity contribution is 6.99. The van der Waals surface area contributed by atoms with Crippen LogP contribution in [0.3, 0.4) is 0 Å². The molecule has 1 unspecified atom stereocenters. The maximum Gasteiger partial charge on any atom is 0.430 e. The van der Waals surface area contributed by atoms with E-state index in [-0.39, 0.29) is 18.2 Å². The predicted molar refractivity (Wildman–Crippen MR) is 158 cm³/mol. The molecule has 0 spiro atoms. The average Bonchev–Trinajstić information content (AvgIpc) is 2.82. The molecule has 1 aliphatic heterocycles. The zero-order chi connectivity index (χ0) is 29.1. The van der Waals surface area contributed by atoms with E-state index in [0.29, 0.717) is 0 Å². The number of carbonyl (C=O) groups excluding carboxylic acids is 2. The second-order valence-corrected chi connectivity index (χ2v) is 17.2. The van der Waals surface area contributed by atoms with Crippen LogP contribution in [-0.2, 0) is 13.9 Å². The summed E-state index contributed by atoms with van der Waals surface area (Å²) < 4.78 is 18.5. The van der Waals surface area contributed by atoms with Crippen LogP contribution in [0.15, 0.2) is 72.8 Å². The van der Waals surface area contributed by atoms with Crippen molar-refractivity contribution in [2.75, 3.05) is 13.2 Å². The van der Waals surface area contributed by atoms with Gasteiger partial charge < -0.3 is 13.9 Å². The van der Waals surface area contributed by atoms with Crippen molar-refractivity contribution in [1.82, 2.24) is 10.0 Å². The van der Waals surface area contributed by atoms with Crippen molar-refractivity contribution in [3.05, 3.63) is 72.8 Å². The Morgan fingerprint density at radius 1 is 0.769 bits per heavy atom. The molecule has 1 atom stereocenters. The number of amides is 2. The molecule has 0 radical (unpaired) electrons. The number of hydrogen-bond donors (Lipinski definition) is 0. The Labute approximate surface area is 234 Å². The molecule has 0 N–H and O–H groups in total. The molecule has 212 valence electrons. The fourth-order valence-electron chi connectivity index (χ4n) is 4.78. The minimum Gasteiger partial charge on any atom is -0.442 e. The van der Waals surface area contributed by atoms with Crippen molar-refractivity contribution in [3.8, 4) is 0 Å². The molecule has 8 heteroatoms. The number of ether oxygens (including phenoxy) is 2. The van der Waals surface area contributed by atoms with Crippen LogP contribution in [-0.4, -0.2) is 60.9 Å². The van der Waals surface area contributed by atoms with Gasteiger partial charge in [-0.05, 0) is 57.0 Å². The van der Waals surface area contributed by atoms with E-state index in [1.165, 1.54) is 10.0 Å². The van der Waals surface area contributed by atoms with Crippen LogP contribution in [0.5, 0.6) is 0 Å². The molecular weight excluding hydrogens is 508 g/mol. The first kappa shape index (κ1) is 30.4. The molecule has 2 amide bonds. The zero-order valence-corrected chi connectivity index (χ0v) is 25.9. The fourth-order valence-corrected chi connectivity index (χ4v) is 9.36. The third-order valence-corrected chi connectivity index (χ3v) is 11.3. The number of hydrogen-bond acceptors (Lipinski definition) is 5. The maximum absolute atomic E-state index is 13.5. The summed E-state index contributed by atoms with van der Waals surface area (Å²) in [4.78, 5) is 26.8. The molecular formula is C31H44N2O5Si. The highest BCUT2D eigenvalue weighted by Crippen LogP contribution is 2.37. The van der Waals surface area contributed by atoms with Gasteiger partial charge in [0.05, 0.1) is 19.2 Å². The van der Waals surface area contributed by atoms with E-state index < -0.39 is 37.7 Å². The molecule has 1 aliphatic rings. The number of rotatable bonds is 5. The Morgan fingerprint density at radius 2 is 1.23 bits per heavy atom. The minimum absolute atomic E-state index is 0.169. The van der Waals surface area contributed by atoms with Crippen molar-refractivity contribution in [2.24, 2.45) is 0 Å². The third-order valence-electron chi connectivity index (χ3n) is 6.28. The Hall–Kier alpha value is -3.10. The summed E-state index contributed by atoms with van der Waals surface area (Å²) in [6.45, 7) is 17.8. The van der Waals surface area contributed by atoms with Gasteiger partial charge in [0.15, 0.2) is 0 Å². The van der Waals surface area contributed by atoms with Crippen LogP contribution in [0.2, 0.25) is 5.04 Å². The van der Waals surface area contributed by atoms with Gasteiger partial charge in [-0.3, -0.25) is 0 Å². The first-order valence-corrected chi connectivity index (χ1v) is 15.4. The topological polar surface area (TPSA) is 68.3 Å². The van der Waals surface area contributed by atoms with E-state index in [4.69, 9.17) is 13.9 Å². The van der Waals surface area contributed by atoms with E-state index >= 15 is 0 Å². The monoisotopic (exact) mass is 552 g/mol. The lowest BCUT2D eigenvalue weighted by atomic mass is 10.2. The lowest BCUT2D eigenvalue weighted by molar-refractivity contribution is -0.0771.